The Bertz CT molecular complexity index is 905. The van der Waals surface area contributed by atoms with E-state index in [4.69, 9.17) is 4.42 Å². The zero-order chi connectivity index (χ0) is 22.0. The van der Waals surface area contributed by atoms with Crippen LogP contribution in [0.1, 0.15) is 40.7 Å². The number of rotatable bonds is 4. The summed E-state index contributed by atoms with van der Waals surface area (Å²) in [6.07, 6.45) is 3.86. The molecule has 2 aliphatic rings. The molecule has 0 N–H and O–H groups in total. The van der Waals surface area contributed by atoms with Gasteiger partial charge in [0.25, 0.3) is 11.8 Å². The quantitative estimate of drug-likeness (QED) is 0.755. The van der Waals surface area contributed by atoms with Crippen LogP contribution >= 0.6 is 0 Å². The molecule has 0 bridgehead atoms. The minimum absolute atomic E-state index is 0.0235. The molecule has 2 saturated heterocycles. The van der Waals surface area contributed by atoms with E-state index in [0.717, 1.165) is 19.6 Å². The number of piperidine rings is 1. The Hall–Kier alpha value is -2.64. The van der Waals surface area contributed by atoms with E-state index in [1.54, 1.807) is 25.2 Å². The van der Waals surface area contributed by atoms with Crippen LogP contribution in [0.2, 0.25) is 0 Å². The molecule has 2 aromatic rings. The summed E-state index contributed by atoms with van der Waals surface area (Å²) in [5, 5.41) is 0. The molecule has 0 spiro atoms. The lowest BCUT2D eigenvalue weighted by atomic mass is 10.00. The molecule has 166 valence electrons. The number of nitrogens with zero attached hydrogens (tertiary/aromatic N) is 4. The van der Waals surface area contributed by atoms with Crippen molar-refractivity contribution in [2.75, 3.05) is 51.7 Å². The molecule has 1 aromatic heterocycles. The SMILES string of the molecule is CC1CN(C(=O)c2ccccc2N(C)C(=O)c2ccco2)CCN1C1CCN(C)CC1. The molecule has 1 atom stereocenters. The number of piperazine rings is 1. The Kier molecular flexibility index (Phi) is 6.43. The molecule has 2 fully saturated rings. The Morgan fingerprint density at radius 3 is 2.45 bits per heavy atom. The van der Waals surface area contributed by atoms with Gasteiger partial charge >= 0.3 is 0 Å². The van der Waals surface area contributed by atoms with Crippen molar-refractivity contribution in [1.29, 1.82) is 0 Å². The topological polar surface area (TPSA) is 60.2 Å². The Morgan fingerprint density at radius 1 is 1.03 bits per heavy atom. The van der Waals surface area contributed by atoms with Crippen LogP contribution in [0.25, 0.3) is 0 Å². The highest BCUT2D eigenvalue weighted by molar-refractivity contribution is 6.09. The lowest BCUT2D eigenvalue weighted by Crippen LogP contribution is -2.58. The van der Waals surface area contributed by atoms with Crippen LogP contribution in [0, 0.1) is 0 Å². The van der Waals surface area contributed by atoms with Crippen molar-refractivity contribution in [2.45, 2.75) is 31.8 Å². The second-order valence-electron chi connectivity index (χ2n) is 8.73. The van der Waals surface area contributed by atoms with Crippen LogP contribution < -0.4 is 4.90 Å². The fourth-order valence-electron chi connectivity index (χ4n) is 4.82. The van der Waals surface area contributed by atoms with E-state index in [9.17, 15) is 9.59 Å². The van der Waals surface area contributed by atoms with Gasteiger partial charge in [-0.3, -0.25) is 14.5 Å². The highest BCUT2D eigenvalue weighted by Gasteiger charge is 2.33. The van der Waals surface area contributed by atoms with Gasteiger partial charge < -0.3 is 19.1 Å². The van der Waals surface area contributed by atoms with Gasteiger partial charge in [-0.25, -0.2) is 0 Å². The summed E-state index contributed by atoms with van der Waals surface area (Å²) in [6.45, 7) is 6.80. The third-order valence-corrected chi connectivity index (χ3v) is 6.66. The fourth-order valence-corrected chi connectivity index (χ4v) is 4.82. The van der Waals surface area contributed by atoms with Crippen molar-refractivity contribution in [3.8, 4) is 0 Å². The molecule has 2 amide bonds. The van der Waals surface area contributed by atoms with E-state index < -0.39 is 0 Å². The third-order valence-electron chi connectivity index (χ3n) is 6.66. The van der Waals surface area contributed by atoms with Crippen molar-refractivity contribution in [2.24, 2.45) is 0 Å². The van der Waals surface area contributed by atoms with Crippen LogP contribution in [-0.2, 0) is 0 Å². The normalized spacial score (nSPS) is 21.3. The van der Waals surface area contributed by atoms with E-state index in [2.05, 4.69) is 23.8 Å². The molecule has 0 radical (unpaired) electrons. The summed E-state index contributed by atoms with van der Waals surface area (Å²) in [4.78, 5) is 34.6. The Labute approximate surface area is 184 Å². The molecule has 0 aliphatic carbocycles. The molecule has 7 nitrogen and oxygen atoms in total. The number of anilines is 1. The van der Waals surface area contributed by atoms with Crippen molar-refractivity contribution < 1.29 is 14.0 Å². The molecule has 7 heteroatoms. The Balaban J connectivity index is 1.46. The monoisotopic (exact) mass is 424 g/mol. The molecule has 31 heavy (non-hydrogen) atoms. The number of para-hydroxylation sites is 1. The largest absolute Gasteiger partial charge is 0.459 e. The average molecular weight is 425 g/mol. The number of hydrogen-bond donors (Lipinski definition) is 0. The van der Waals surface area contributed by atoms with E-state index in [1.807, 2.05) is 23.1 Å². The Morgan fingerprint density at radius 2 is 1.77 bits per heavy atom. The molecular formula is C24H32N4O3. The first-order valence-corrected chi connectivity index (χ1v) is 11.1. The molecule has 1 unspecified atom stereocenters. The second-order valence-corrected chi connectivity index (χ2v) is 8.73. The average Bonchev–Trinajstić information content (AvgIpc) is 3.33. The van der Waals surface area contributed by atoms with Crippen LogP contribution in [0.15, 0.2) is 47.1 Å². The molecule has 2 aliphatic heterocycles. The van der Waals surface area contributed by atoms with Gasteiger partial charge in [0, 0.05) is 38.8 Å². The summed E-state index contributed by atoms with van der Waals surface area (Å²) < 4.78 is 5.25. The first kappa shape index (κ1) is 21.6. The summed E-state index contributed by atoms with van der Waals surface area (Å²) in [6, 6.07) is 11.5. The molecule has 3 heterocycles. The van der Waals surface area contributed by atoms with E-state index >= 15 is 0 Å². The van der Waals surface area contributed by atoms with Crippen molar-refractivity contribution in [1.82, 2.24) is 14.7 Å². The van der Waals surface area contributed by atoms with Crippen LogP contribution in [0.3, 0.4) is 0 Å². The number of likely N-dealkylation sites (tertiary alicyclic amines) is 1. The second kappa shape index (κ2) is 9.24. The van der Waals surface area contributed by atoms with Crippen molar-refractivity contribution in [3.63, 3.8) is 0 Å². The predicted octanol–water partition coefficient (Wildman–Crippen LogP) is 2.80. The van der Waals surface area contributed by atoms with Crippen LogP contribution in [0.4, 0.5) is 5.69 Å². The van der Waals surface area contributed by atoms with Gasteiger partial charge in [-0.2, -0.15) is 0 Å². The molecule has 0 saturated carbocycles. The predicted molar refractivity (Wildman–Crippen MR) is 120 cm³/mol. The summed E-state index contributed by atoms with van der Waals surface area (Å²) >= 11 is 0. The molecule has 1 aromatic carbocycles. The van der Waals surface area contributed by atoms with Crippen LogP contribution in [0.5, 0.6) is 0 Å². The van der Waals surface area contributed by atoms with Gasteiger partial charge in [0.05, 0.1) is 17.5 Å². The van der Waals surface area contributed by atoms with Crippen molar-refractivity contribution in [3.05, 3.63) is 54.0 Å². The zero-order valence-electron chi connectivity index (χ0n) is 18.7. The highest BCUT2D eigenvalue weighted by atomic mass is 16.3. The van der Waals surface area contributed by atoms with E-state index in [0.29, 0.717) is 36.4 Å². The number of amides is 2. The number of carbonyl (C=O) groups excluding carboxylic acids is 2. The van der Waals surface area contributed by atoms with Gasteiger partial charge in [0.2, 0.25) is 0 Å². The fraction of sp³-hybridized carbons (Fsp3) is 0.500. The maximum atomic E-state index is 13.4. The minimum atomic E-state index is -0.272. The third kappa shape index (κ3) is 4.52. The lowest BCUT2D eigenvalue weighted by molar-refractivity contribution is 0.0228. The molecular weight excluding hydrogens is 392 g/mol. The smallest absolute Gasteiger partial charge is 0.293 e. The van der Waals surface area contributed by atoms with Crippen molar-refractivity contribution >= 4 is 17.5 Å². The summed E-state index contributed by atoms with van der Waals surface area (Å²) in [7, 11) is 3.86. The van der Waals surface area contributed by atoms with Gasteiger partial charge in [-0.1, -0.05) is 12.1 Å². The number of carbonyl (C=O) groups is 2. The van der Waals surface area contributed by atoms with Gasteiger partial charge in [-0.05, 0) is 64.2 Å². The first-order valence-electron chi connectivity index (χ1n) is 11.1. The maximum Gasteiger partial charge on any atom is 0.293 e. The maximum absolute atomic E-state index is 13.4. The highest BCUT2D eigenvalue weighted by Crippen LogP contribution is 2.26. The lowest BCUT2D eigenvalue weighted by Gasteiger charge is -2.46. The van der Waals surface area contributed by atoms with Gasteiger partial charge in [0.1, 0.15) is 0 Å². The first-order chi connectivity index (χ1) is 15.0. The van der Waals surface area contributed by atoms with E-state index in [1.165, 1.54) is 24.0 Å². The standard InChI is InChI=1S/C24H32N4O3/c1-18-17-27(14-15-28(18)19-10-12-25(2)13-11-19)23(29)20-7-4-5-8-21(20)26(3)24(30)22-9-6-16-31-22/h4-9,16,18-19H,10-15,17H2,1-3H3. The van der Waals surface area contributed by atoms with E-state index in [-0.39, 0.29) is 17.6 Å². The molecule has 4 rings (SSSR count). The minimum Gasteiger partial charge on any atom is -0.459 e. The van der Waals surface area contributed by atoms with Gasteiger partial charge in [-0.15, -0.1) is 0 Å². The van der Waals surface area contributed by atoms with Crippen LogP contribution in [-0.4, -0.2) is 85.4 Å². The summed E-state index contributed by atoms with van der Waals surface area (Å²) in [5.74, 6) is -0.0413. The number of benzene rings is 1. The van der Waals surface area contributed by atoms with Gasteiger partial charge in [0.15, 0.2) is 5.76 Å². The number of furan rings is 1. The summed E-state index contributed by atoms with van der Waals surface area (Å²) in [5.41, 5.74) is 1.14. The number of hydrogen-bond acceptors (Lipinski definition) is 5. The zero-order valence-corrected chi connectivity index (χ0v) is 18.7.